The van der Waals surface area contributed by atoms with Crippen molar-refractivity contribution in [1.29, 1.82) is 0 Å². The number of anilines is 1. The van der Waals surface area contributed by atoms with Gasteiger partial charge in [-0.1, -0.05) is 29.3 Å². The minimum Gasteiger partial charge on any atom is -0.460 e. The second-order valence-electron chi connectivity index (χ2n) is 6.97. The molecule has 1 aromatic heterocycles. The van der Waals surface area contributed by atoms with Crippen molar-refractivity contribution >= 4 is 52.1 Å². The SMILES string of the molecule is O=C(NC[C@@H]1CC(c2ccc(N3CCOCC3)c(Cl)c2)C(=O)O1)c1ccc(Cl)s1. The summed E-state index contributed by atoms with van der Waals surface area (Å²) in [7, 11) is 0. The monoisotopic (exact) mass is 454 g/mol. The fourth-order valence-electron chi connectivity index (χ4n) is 3.58. The van der Waals surface area contributed by atoms with Gasteiger partial charge in [0.2, 0.25) is 0 Å². The van der Waals surface area contributed by atoms with Crippen LogP contribution in [-0.4, -0.2) is 50.8 Å². The molecule has 0 bridgehead atoms. The Balaban J connectivity index is 1.37. The average molecular weight is 455 g/mol. The van der Waals surface area contributed by atoms with Crippen LogP contribution in [-0.2, 0) is 14.3 Å². The summed E-state index contributed by atoms with van der Waals surface area (Å²) in [5, 5.41) is 3.42. The number of hydrogen-bond donors (Lipinski definition) is 1. The van der Waals surface area contributed by atoms with E-state index in [1.54, 1.807) is 12.1 Å². The first kappa shape index (κ1) is 20.5. The van der Waals surface area contributed by atoms with Crippen molar-refractivity contribution in [2.45, 2.75) is 18.4 Å². The molecule has 4 rings (SSSR count). The number of amides is 1. The Morgan fingerprint density at radius 2 is 2.00 bits per heavy atom. The van der Waals surface area contributed by atoms with Crippen LogP contribution >= 0.6 is 34.5 Å². The highest BCUT2D eigenvalue weighted by Gasteiger charge is 2.36. The summed E-state index contributed by atoms with van der Waals surface area (Å²) >= 11 is 13.6. The van der Waals surface area contributed by atoms with Gasteiger partial charge in [-0.25, -0.2) is 0 Å². The van der Waals surface area contributed by atoms with Crippen molar-refractivity contribution < 1.29 is 19.1 Å². The number of thiophene rings is 1. The van der Waals surface area contributed by atoms with E-state index < -0.39 is 0 Å². The van der Waals surface area contributed by atoms with Crippen molar-refractivity contribution in [3.63, 3.8) is 0 Å². The van der Waals surface area contributed by atoms with E-state index >= 15 is 0 Å². The first-order chi connectivity index (χ1) is 14.0. The van der Waals surface area contributed by atoms with Gasteiger partial charge in [0.25, 0.3) is 5.91 Å². The number of esters is 1. The fraction of sp³-hybridized carbons (Fsp3) is 0.400. The molecule has 154 valence electrons. The summed E-state index contributed by atoms with van der Waals surface area (Å²) in [6.07, 6.45) is 0.127. The highest BCUT2D eigenvalue weighted by Crippen LogP contribution is 2.35. The summed E-state index contributed by atoms with van der Waals surface area (Å²) < 4.78 is 11.4. The van der Waals surface area contributed by atoms with Crippen molar-refractivity contribution in [2.75, 3.05) is 37.7 Å². The zero-order valence-electron chi connectivity index (χ0n) is 15.5. The van der Waals surface area contributed by atoms with Gasteiger partial charge in [0, 0.05) is 19.5 Å². The lowest BCUT2D eigenvalue weighted by molar-refractivity contribution is -0.142. The summed E-state index contributed by atoms with van der Waals surface area (Å²) in [5.41, 5.74) is 1.78. The highest BCUT2D eigenvalue weighted by atomic mass is 35.5. The Morgan fingerprint density at radius 3 is 2.69 bits per heavy atom. The lowest BCUT2D eigenvalue weighted by Gasteiger charge is -2.29. The maximum Gasteiger partial charge on any atom is 0.313 e. The van der Waals surface area contributed by atoms with E-state index in [1.807, 2.05) is 18.2 Å². The smallest absolute Gasteiger partial charge is 0.313 e. The molecular weight excluding hydrogens is 435 g/mol. The van der Waals surface area contributed by atoms with Gasteiger partial charge >= 0.3 is 5.97 Å². The van der Waals surface area contributed by atoms with Crippen molar-refractivity contribution in [3.8, 4) is 0 Å². The van der Waals surface area contributed by atoms with Crippen molar-refractivity contribution in [2.24, 2.45) is 0 Å². The minimum absolute atomic E-state index is 0.223. The molecule has 0 radical (unpaired) electrons. The number of ether oxygens (including phenoxy) is 2. The molecule has 1 aromatic carbocycles. The molecule has 2 atom stereocenters. The fourth-order valence-corrected chi connectivity index (χ4v) is 4.85. The van der Waals surface area contributed by atoms with Crippen LogP contribution in [0.4, 0.5) is 5.69 Å². The first-order valence-corrected chi connectivity index (χ1v) is 10.9. The molecule has 29 heavy (non-hydrogen) atoms. The number of nitrogens with one attached hydrogen (secondary N) is 1. The van der Waals surface area contributed by atoms with Crippen molar-refractivity contribution in [3.05, 3.63) is 50.1 Å². The number of rotatable bonds is 5. The van der Waals surface area contributed by atoms with Crippen LogP contribution in [0.3, 0.4) is 0 Å². The number of morpholine rings is 1. The number of benzene rings is 1. The van der Waals surface area contributed by atoms with Crippen LogP contribution in [0.25, 0.3) is 0 Å². The molecule has 2 fully saturated rings. The normalized spacial score (nSPS) is 21.9. The molecule has 2 aromatic rings. The summed E-state index contributed by atoms with van der Waals surface area (Å²) in [4.78, 5) is 27.2. The molecule has 9 heteroatoms. The van der Waals surface area contributed by atoms with E-state index in [2.05, 4.69) is 10.2 Å². The van der Waals surface area contributed by atoms with Gasteiger partial charge in [0.05, 0.1) is 45.6 Å². The van der Waals surface area contributed by atoms with E-state index in [1.165, 1.54) is 11.3 Å². The number of carbonyl (C=O) groups is 2. The molecule has 1 amide bonds. The van der Waals surface area contributed by atoms with Gasteiger partial charge in [-0.05, 0) is 29.8 Å². The van der Waals surface area contributed by atoms with E-state index in [0.29, 0.717) is 33.9 Å². The largest absolute Gasteiger partial charge is 0.460 e. The number of carbonyl (C=O) groups excluding carboxylic acids is 2. The molecule has 6 nitrogen and oxygen atoms in total. The van der Waals surface area contributed by atoms with Gasteiger partial charge in [0.15, 0.2) is 0 Å². The standard InChI is InChI=1S/C20H20Cl2N2O4S/c21-15-9-12(1-2-16(15)24-5-7-27-8-6-24)14-10-13(28-20(14)26)11-23-19(25)17-3-4-18(22)29-17/h1-4,9,13-14H,5-8,10-11H2,(H,23,25)/t13-,14?/m0/s1. The van der Waals surface area contributed by atoms with Crippen LogP contribution < -0.4 is 10.2 Å². The van der Waals surface area contributed by atoms with Gasteiger partial charge in [0.1, 0.15) is 6.10 Å². The Labute approximate surface area is 182 Å². The van der Waals surface area contributed by atoms with Gasteiger partial charge < -0.3 is 19.7 Å². The lowest BCUT2D eigenvalue weighted by atomic mass is 9.95. The summed E-state index contributed by atoms with van der Waals surface area (Å²) in [5.74, 6) is -0.901. The number of cyclic esters (lactones) is 1. The molecule has 2 saturated heterocycles. The molecule has 1 N–H and O–H groups in total. The van der Waals surface area contributed by atoms with Crippen LogP contribution in [0.1, 0.15) is 27.6 Å². The molecule has 0 spiro atoms. The second-order valence-corrected chi connectivity index (χ2v) is 9.09. The maximum atomic E-state index is 12.4. The maximum absolute atomic E-state index is 12.4. The zero-order chi connectivity index (χ0) is 20.4. The van der Waals surface area contributed by atoms with Crippen LogP contribution in [0.2, 0.25) is 9.36 Å². The quantitative estimate of drug-likeness (QED) is 0.697. The molecule has 3 heterocycles. The molecule has 0 aliphatic carbocycles. The predicted molar refractivity (Wildman–Crippen MR) is 113 cm³/mol. The van der Waals surface area contributed by atoms with E-state index in [9.17, 15) is 9.59 Å². The minimum atomic E-state index is -0.385. The number of nitrogens with zero attached hydrogens (tertiary/aromatic N) is 1. The van der Waals surface area contributed by atoms with E-state index in [0.717, 1.165) is 24.3 Å². The highest BCUT2D eigenvalue weighted by molar-refractivity contribution is 7.18. The zero-order valence-corrected chi connectivity index (χ0v) is 17.9. The Kier molecular flexibility index (Phi) is 6.29. The lowest BCUT2D eigenvalue weighted by Crippen LogP contribution is -2.36. The van der Waals surface area contributed by atoms with Crippen molar-refractivity contribution in [1.82, 2.24) is 5.32 Å². The number of hydrogen-bond acceptors (Lipinski definition) is 6. The van der Waals surface area contributed by atoms with Crippen LogP contribution in [0.15, 0.2) is 30.3 Å². The van der Waals surface area contributed by atoms with Crippen LogP contribution in [0.5, 0.6) is 0 Å². The third-order valence-electron chi connectivity index (χ3n) is 5.08. The molecule has 2 aliphatic rings. The third kappa shape index (κ3) is 4.69. The van der Waals surface area contributed by atoms with E-state index in [-0.39, 0.29) is 30.4 Å². The van der Waals surface area contributed by atoms with E-state index in [4.69, 9.17) is 32.7 Å². The Morgan fingerprint density at radius 1 is 1.21 bits per heavy atom. The molecule has 0 saturated carbocycles. The number of halogens is 2. The molecule has 1 unspecified atom stereocenters. The van der Waals surface area contributed by atoms with Crippen LogP contribution in [0, 0.1) is 0 Å². The molecular formula is C20H20Cl2N2O4S. The predicted octanol–water partition coefficient (Wildman–Crippen LogP) is 3.72. The third-order valence-corrected chi connectivity index (χ3v) is 6.61. The second kappa shape index (κ2) is 8.92. The summed E-state index contributed by atoms with van der Waals surface area (Å²) in [6.45, 7) is 3.20. The van der Waals surface area contributed by atoms with Gasteiger partial charge in [-0.2, -0.15) is 0 Å². The average Bonchev–Trinajstić information content (AvgIpc) is 3.32. The first-order valence-electron chi connectivity index (χ1n) is 9.37. The van der Waals surface area contributed by atoms with Gasteiger partial charge in [-0.15, -0.1) is 11.3 Å². The van der Waals surface area contributed by atoms with Gasteiger partial charge in [-0.3, -0.25) is 9.59 Å². The summed E-state index contributed by atoms with van der Waals surface area (Å²) in [6, 6.07) is 9.07. The topological polar surface area (TPSA) is 67.9 Å². The Bertz CT molecular complexity index is 914. The Hall–Kier alpha value is -1.80. The molecule has 2 aliphatic heterocycles.